The maximum Gasteiger partial charge on any atom is 0.332 e. The second kappa shape index (κ2) is 18.4. The molecular formula is C21H41N3O2. The van der Waals surface area contributed by atoms with Crippen molar-refractivity contribution >= 4 is 12.3 Å². The molecule has 0 saturated heterocycles. The van der Waals surface area contributed by atoms with Crippen molar-refractivity contribution in [1.29, 1.82) is 0 Å². The van der Waals surface area contributed by atoms with E-state index in [0.29, 0.717) is 13.0 Å². The highest BCUT2D eigenvalue weighted by molar-refractivity contribution is 5.70. The fraction of sp³-hybridized carbons (Fsp3) is 0.810. The number of hydroxylamine groups is 2. The number of hydrogen-bond donors (Lipinski definition) is 1. The summed E-state index contributed by atoms with van der Waals surface area (Å²) in [5, 5.41) is 1.53. The van der Waals surface area contributed by atoms with Crippen LogP contribution in [0.1, 0.15) is 96.8 Å². The average molecular weight is 368 g/mol. The van der Waals surface area contributed by atoms with Gasteiger partial charge in [0.2, 0.25) is 0 Å². The van der Waals surface area contributed by atoms with E-state index in [-0.39, 0.29) is 12.1 Å². The van der Waals surface area contributed by atoms with Gasteiger partial charge in [-0.1, -0.05) is 70.4 Å². The van der Waals surface area contributed by atoms with Crippen LogP contribution in [0, 0.1) is 0 Å². The van der Waals surface area contributed by atoms with Crippen molar-refractivity contribution in [2.75, 3.05) is 13.1 Å². The SMILES string of the molecule is CCCCCCCC/C=C\CCCCCCCC(=O)ON1C=NCC1.N. The van der Waals surface area contributed by atoms with Gasteiger partial charge in [0.05, 0.1) is 13.1 Å². The molecule has 0 fully saturated rings. The Labute approximate surface area is 160 Å². The van der Waals surface area contributed by atoms with Crippen molar-refractivity contribution in [2.24, 2.45) is 4.99 Å². The Hall–Kier alpha value is -1.36. The number of carbonyl (C=O) groups excluding carboxylic acids is 1. The smallest absolute Gasteiger partial charge is 0.332 e. The summed E-state index contributed by atoms with van der Waals surface area (Å²) in [4.78, 5) is 20.8. The van der Waals surface area contributed by atoms with Gasteiger partial charge in [-0.15, -0.1) is 0 Å². The van der Waals surface area contributed by atoms with E-state index in [1.165, 1.54) is 75.7 Å². The van der Waals surface area contributed by atoms with Gasteiger partial charge >= 0.3 is 5.97 Å². The molecule has 0 radical (unpaired) electrons. The lowest BCUT2D eigenvalue weighted by Crippen LogP contribution is -2.24. The molecule has 0 aromatic rings. The Morgan fingerprint density at radius 2 is 1.54 bits per heavy atom. The van der Waals surface area contributed by atoms with E-state index in [1.54, 1.807) is 6.34 Å². The maximum absolute atomic E-state index is 11.6. The van der Waals surface area contributed by atoms with Gasteiger partial charge in [0.25, 0.3) is 0 Å². The monoisotopic (exact) mass is 367 g/mol. The number of nitrogens with zero attached hydrogens (tertiary/aromatic N) is 2. The Kier molecular flexibility index (Phi) is 17.5. The second-order valence-corrected chi connectivity index (χ2v) is 6.96. The zero-order valence-electron chi connectivity index (χ0n) is 17.0. The van der Waals surface area contributed by atoms with Crippen LogP contribution in [0.2, 0.25) is 0 Å². The zero-order chi connectivity index (χ0) is 18.0. The summed E-state index contributed by atoms with van der Waals surface area (Å²) in [7, 11) is 0. The molecule has 0 aromatic carbocycles. The van der Waals surface area contributed by atoms with Crippen LogP contribution in [-0.2, 0) is 9.63 Å². The number of hydrogen-bond acceptors (Lipinski definition) is 5. The van der Waals surface area contributed by atoms with Gasteiger partial charge in [-0.25, -0.2) is 4.79 Å². The van der Waals surface area contributed by atoms with E-state index < -0.39 is 0 Å². The third-order valence-electron chi connectivity index (χ3n) is 4.52. The van der Waals surface area contributed by atoms with Gasteiger partial charge in [0.15, 0.2) is 0 Å². The Morgan fingerprint density at radius 1 is 0.962 bits per heavy atom. The molecule has 0 aromatic heterocycles. The van der Waals surface area contributed by atoms with Gasteiger partial charge in [-0.2, -0.15) is 5.06 Å². The van der Waals surface area contributed by atoms with Gasteiger partial charge < -0.3 is 11.0 Å². The molecule has 0 amide bonds. The molecule has 0 spiro atoms. The number of rotatable bonds is 16. The van der Waals surface area contributed by atoms with E-state index in [2.05, 4.69) is 24.1 Å². The molecule has 0 saturated carbocycles. The van der Waals surface area contributed by atoms with Crippen LogP contribution in [0.4, 0.5) is 0 Å². The lowest BCUT2D eigenvalue weighted by atomic mass is 10.1. The summed E-state index contributed by atoms with van der Waals surface area (Å²) in [6.45, 7) is 3.68. The lowest BCUT2D eigenvalue weighted by molar-refractivity contribution is -0.170. The van der Waals surface area contributed by atoms with Crippen molar-refractivity contribution in [2.45, 2.75) is 96.8 Å². The van der Waals surface area contributed by atoms with E-state index in [4.69, 9.17) is 4.84 Å². The lowest BCUT2D eigenvalue weighted by Gasteiger charge is -2.12. The molecule has 5 heteroatoms. The van der Waals surface area contributed by atoms with Gasteiger partial charge in [0, 0.05) is 6.42 Å². The maximum atomic E-state index is 11.6. The van der Waals surface area contributed by atoms with Gasteiger partial charge in [-0.3, -0.25) is 4.99 Å². The highest BCUT2D eigenvalue weighted by atomic mass is 16.7. The zero-order valence-corrected chi connectivity index (χ0v) is 17.0. The van der Waals surface area contributed by atoms with Crippen LogP contribution in [0.15, 0.2) is 17.1 Å². The van der Waals surface area contributed by atoms with Crippen molar-refractivity contribution < 1.29 is 9.63 Å². The summed E-state index contributed by atoms with van der Waals surface area (Å²) in [5.41, 5.74) is 0. The minimum Gasteiger partial charge on any atom is -0.344 e. The summed E-state index contributed by atoms with van der Waals surface area (Å²) < 4.78 is 0. The minimum absolute atomic E-state index is 0. The fourth-order valence-electron chi connectivity index (χ4n) is 2.95. The molecule has 3 N–H and O–H groups in total. The molecule has 0 bridgehead atoms. The molecule has 152 valence electrons. The predicted octanol–water partition coefficient (Wildman–Crippen LogP) is 5.99. The first-order valence-corrected chi connectivity index (χ1v) is 10.5. The normalized spacial score (nSPS) is 13.3. The average Bonchev–Trinajstić information content (AvgIpc) is 3.11. The van der Waals surface area contributed by atoms with E-state index in [0.717, 1.165) is 19.4 Å². The van der Waals surface area contributed by atoms with Crippen molar-refractivity contribution in [3.05, 3.63) is 12.2 Å². The number of aliphatic imine (C=N–C) groups is 1. The van der Waals surface area contributed by atoms with Crippen LogP contribution in [0.25, 0.3) is 0 Å². The quantitative estimate of drug-likeness (QED) is 0.268. The largest absolute Gasteiger partial charge is 0.344 e. The van der Waals surface area contributed by atoms with Crippen molar-refractivity contribution in [3.8, 4) is 0 Å². The predicted molar refractivity (Wildman–Crippen MR) is 111 cm³/mol. The van der Waals surface area contributed by atoms with Crippen LogP contribution in [0.5, 0.6) is 0 Å². The highest BCUT2D eigenvalue weighted by Crippen LogP contribution is 2.10. The molecule has 5 nitrogen and oxygen atoms in total. The van der Waals surface area contributed by atoms with Crippen LogP contribution >= 0.6 is 0 Å². The number of carbonyl (C=O) groups is 1. The molecule has 1 aliphatic rings. The summed E-state index contributed by atoms with van der Waals surface area (Å²) in [6, 6.07) is 0. The van der Waals surface area contributed by atoms with Crippen molar-refractivity contribution in [3.63, 3.8) is 0 Å². The Morgan fingerprint density at radius 3 is 2.12 bits per heavy atom. The first kappa shape index (κ1) is 24.6. The summed E-state index contributed by atoms with van der Waals surface area (Å²) in [6.07, 6.45) is 23.3. The van der Waals surface area contributed by atoms with E-state index in [9.17, 15) is 4.79 Å². The number of allylic oxidation sites excluding steroid dienone is 2. The van der Waals surface area contributed by atoms with Crippen LogP contribution in [-0.4, -0.2) is 30.5 Å². The first-order chi connectivity index (χ1) is 12.3. The highest BCUT2D eigenvalue weighted by Gasteiger charge is 2.11. The molecule has 26 heavy (non-hydrogen) atoms. The third kappa shape index (κ3) is 14.9. The first-order valence-electron chi connectivity index (χ1n) is 10.5. The van der Waals surface area contributed by atoms with Gasteiger partial charge in [-0.05, 0) is 32.1 Å². The summed E-state index contributed by atoms with van der Waals surface area (Å²) in [5.74, 6) is -0.133. The van der Waals surface area contributed by atoms with E-state index >= 15 is 0 Å². The number of unbranched alkanes of at least 4 members (excludes halogenated alkanes) is 11. The standard InChI is InChI=1S/C21H38N2O2.H3N/c1-2-3-4-5-6-7-8-9-10-11-12-13-14-15-16-17-21(24)25-23-19-18-22-20-23;/h9-10,20H,2-8,11-19H2,1H3;1H3/b10-9-;. The Balaban J connectivity index is 0.00000625. The van der Waals surface area contributed by atoms with Crippen LogP contribution < -0.4 is 6.15 Å². The fourth-order valence-corrected chi connectivity index (χ4v) is 2.95. The topological polar surface area (TPSA) is 76.9 Å². The molecule has 1 aliphatic heterocycles. The molecule has 0 aliphatic carbocycles. The molecule has 0 atom stereocenters. The molecule has 1 rings (SSSR count). The van der Waals surface area contributed by atoms with Crippen LogP contribution in [0.3, 0.4) is 0 Å². The molecule has 1 heterocycles. The molecule has 0 unspecified atom stereocenters. The minimum atomic E-state index is -0.133. The van der Waals surface area contributed by atoms with E-state index in [1.807, 2.05) is 0 Å². The third-order valence-corrected chi connectivity index (χ3v) is 4.52. The summed E-state index contributed by atoms with van der Waals surface area (Å²) >= 11 is 0. The van der Waals surface area contributed by atoms with Gasteiger partial charge in [0.1, 0.15) is 6.34 Å². The Bertz CT molecular complexity index is 383. The van der Waals surface area contributed by atoms with Crippen molar-refractivity contribution in [1.82, 2.24) is 11.2 Å². The second-order valence-electron chi connectivity index (χ2n) is 6.96. The molecular weight excluding hydrogens is 326 g/mol.